The maximum Gasteiger partial charge on any atom is 0.306 e. The number of unbranched alkanes of at least 4 members (excludes halogenated alkanes) is 25. The first-order valence-corrected chi connectivity index (χ1v) is 23.9. The second-order valence-corrected chi connectivity index (χ2v) is 17.8. The average molecular weight is 788 g/mol. The molecule has 0 amide bonds. The Hall–Kier alpha value is -1.25. The van der Waals surface area contributed by atoms with Gasteiger partial charge in [0.15, 0.2) is 6.10 Å². The lowest BCUT2D eigenvalue weighted by atomic mass is 10.0. The Bertz CT molecular complexity index is 938. The molecule has 0 spiro atoms. The van der Waals surface area contributed by atoms with Crippen LogP contribution in [0.1, 0.15) is 206 Å². The van der Waals surface area contributed by atoms with Crippen molar-refractivity contribution in [3.63, 3.8) is 0 Å². The Morgan fingerprint density at radius 1 is 0.556 bits per heavy atom. The summed E-state index contributed by atoms with van der Waals surface area (Å²) in [5, 5.41) is 0. The molecule has 0 N–H and O–H groups in total. The summed E-state index contributed by atoms with van der Waals surface area (Å²) < 4.78 is 33.9. The van der Waals surface area contributed by atoms with Crippen LogP contribution in [-0.2, 0) is 32.7 Å². The Kier molecular flexibility index (Phi) is 36.5. The van der Waals surface area contributed by atoms with Crippen molar-refractivity contribution in [1.82, 2.24) is 0 Å². The summed E-state index contributed by atoms with van der Waals surface area (Å²) in [5.74, 6) is -0.830. The van der Waals surface area contributed by atoms with Gasteiger partial charge >= 0.3 is 11.9 Å². The van der Waals surface area contributed by atoms with Crippen molar-refractivity contribution in [1.29, 1.82) is 0 Å². The van der Waals surface area contributed by atoms with Crippen molar-refractivity contribution in [2.75, 3.05) is 47.5 Å². The fourth-order valence-corrected chi connectivity index (χ4v) is 6.97. The molecule has 0 rings (SSSR count). The third-order valence-corrected chi connectivity index (χ3v) is 10.7. The highest BCUT2D eigenvalue weighted by molar-refractivity contribution is 7.45. The second-order valence-electron chi connectivity index (χ2n) is 16.4. The van der Waals surface area contributed by atoms with E-state index >= 15 is 0 Å². The van der Waals surface area contributed by atoms with Crippen LogP contribution in [0.3, 0.4) is 0 Å². The van der Waals surface area contributed by atoms with Gasteiger partial charge in [-0.3, -0.25) is 14.2 Å². The largest absolute Gasteiger partial charge is 0.756 e. The molecule has 0 aromatic rings. The molecule has 9 nitrogen and oxygen atoms in total. The summed E-state index contributed by atoms with van der Waals surface area (Å²) in [4.78, 5) is 37.5. The van der Waals surface area contributed by atoms with Crippen LogP contribution in [0.2, 0.25) is 0 Å². The summed E-state index contributed by atoms with van der Waals surface area (Å²) in [6, 6.07) is 0. The summed E-state index contributed by atoms with van der Waals surface area (Å²) in [5.41, 5.74) is 0. The molecule has 320 valence electrons. The molecule has 0 heterocycles. The maximum atomic E-state index is 12.7. The van der Waals surface area contributed by atoms with Gasteiger partial charge in [0.2, 0.25) is 0 Å². The third-order valence-electron chi connectivity index (χ3n) is 9.79. The van der Waals surface area contributed by atoms with Gasteiger partial charge in [0, 0.05) is 12.8 Å². The molecular formula is C44H86NO8P. The molecule has 10 heteroatoms. The average Bonchev–Trinajstić information content (AvgIpc) is 3.12. The molecule has 0 aromatic carbocycles. The van der Waals surface area contributed by atoms with Gasteiger partial charge in [-0.1, -0.05) is 167 Å². The van der Waals surface area contributed by atoms with Gasteiger partial charge in [0.05, 0.1) is 27.7 Å². The number of rotatable bonds is 41. The normalized spacial score (nSPS) is 13.7. The summed E-state index contributed by atoms with van der Waals surface area (Å²) >= 11 is 0. The molecule has 0 aromatic heterocycles. The SMILES string of the molecule is CCCCCCCC/C=C/CCCCCCCCCC(=O)O[C@H](COC(=O)CCCCCCCCCCCCCCC)COP(=O)([O-])OCC[N+](C)(C)C. The molecule has 2 atom stereocenters. The molecule has 0 bridgehead atoms. The van der Waals surface area contributed by atoms with Crippen molar-refractivity contribution in [3.8, 4) is 0 Å². The first-order chi connectivity index (χ1) is 26.0. The topological polar surface area (TPSA) is 111 Å². The van der Waals surface area contributed by atoms with E-state index in [9.17, 15) is 19.0 Å². The van der Waals surface area contributed by atoms with Gasteiger partial charge in [0.25, 0.3) is 7.82 Å². The van der Waals surface area contributed by atoms with E-state index in [2.05, 4.69) is 26.0 Å². The van der Waals surface area contributed by atoms with Crippen molar-refractivity contribution < 1.29 is 42.1 Å². The van der Waals surface area contributed by atoms with E-state index in [0.717, 1.165) is 44.9 Å². The number of nitrogens with zero attached hydrogens (tertiary/aromatic N) is 1. The predicted octanol–water partition coefficient (Wildman–Crippen LogP) is 11.9. The Labute approximate surface area is 333 Å². The zero-order chi connectivity index (χ0) is 40.0. The lowest BCUT2D eigenvalue weighted by Crippen LogP contribution is -2.37. The fourth-order valence-electron chi connectivity index (χ4n) is 6.24. The molecular weight excluding hydrogens is 701 g/mol. The van der Waals surface area contributed by atoms with Crippen LogP contribution in [0.15, 0.2) is 12.2 Å². The zero-order valence-electron chi connectivity index (χ0n) is 35.9. The van der Waals surface area contributed by atoms with Crippen molar-refractivity contribution in [3.05, 3.63) is 12.2 Å². The van der Waals surface area contributed by atoms with E-state index in [-0.39, 0.29) is 32.0 Å². The van der Waals surface area contributed by atoms with Gasteiger partial charge in [-0.2, -0.15) is 0 Å². The zero-order valence-corrected chi connectivity index (χ0v) is 36.8. The predicted molar refractivity (Wildman–Crippen MR) is 222 cm³/mol. The molecule has 0 saturated heterocycles. The molecule has 0 saturated carbocycles. The number of phosphoric acid groups is 1. The number of esters is 2. The van der Waals surface area contributed by atoms with E-state index < -0.39 is 26.5 Å². The lowest BCUT2D eigenvalue weighted by molar-refractivity contribution is -0.870. The van der Waals surface area contributed by atoms with Gasteiger partial charge in [-0.15, -0.1) is 0 Å². The number of quaternary nitrogens is 1. The number of carbonyl (C=O) groups excluding carboxylic acids is 2. The second kappa shape index (κ2) is 37.3. The molecule has 0 fully saturated rings. The van der Waals surface area contributed by atoms with Crippen LogP contribution in [0.4, 0.5) is 0 Å². The smallest absolute Gasteiger partial charge is 0.306 e. The van der Waals surface area contributed by atoms with E-state index in [1.54, 1.807) is 0 Å². The van der Waals surface area contributed by atoms with Crippen LogP contribution < -0.4 is 4.89 Å². The highest BCUT2D eigenvalue weighted by Gasteiger charge is 2.21. The minimum absolute atomic E-state index is 0.0286. The number of carbonyl (C=O) groups is 2. The first kappa shape index (κ1) is 52.8. The third kappa shape index (κ3) is 40.4. The van der Waals surface area contributed by atoms with Crippen LogP contribution in [0, 0.1) is 0 Å². The van der Waals surface area contributed by atoms with E-state index in [1.165, 1.54) is 128 Å². The standard InChI is InChI=1S/C44H86NO8P/c1-6-8-10-12-14-16-18-20-21-22-23-25-27-29-31-33-35-37-44(47)53-42(41-52-54(48,49)51-39-38-45(3,4)5)40-50-43(46)36-34-32-30-28-26-24-19-17-15-13-11-9-7-2/h20-21,42H,6-19,22-41H2,1-5H3/b21-20+/t42-/m1/s1. The minimum Gasteiger partial charge on any atom is -0.756 e. The Balaban J connectivity index is 4.33. The number of ether oxygens (including phenoxy) is 2. The highest BCUT2D eigenvalue weighted by atomic mass is 31.2. The van der Waals surface area contributed by atoms with Crippen LogP contribution in [0.25, 0.3) is 0 Å². The molecule has 0 aliphatic carbocycles. The fraction of sp³-hybridized carbons (Fsp3) is 0.909. The van der Waals surface area contributed by atoms with Crippen molar-refractivity contribution in [2.24, 2.45) is 0 Å². The van der Waals surface area contributed by atoms with Crippen molar-refractivity contribution >= 4 is 19.8 Å². The number of hydrogen-bond acceptors (Lipinski definition) is 8. The van der Waals surface area contributed by atoms with Gasteiger partial charge in [-0.05, 0) is 38.5 Å². The number of phosphoric ester groups is 1. The molecule has 0 radical (unpaired) electrons. The maximum absolute atomic E-state index is 12.7. The van der Waals surface area contributed by atoms with E-state index in [0.29, 0.717) is 17.4 Å². The van der Waals surface area contributed by atoms with Crippen LogP contribution in [-0.4, -0.2) is 70.0 Å². The van der Waals surface area contributed by atoms with Gasteiger partial charge in [0.1, 0.15) is 19.8 Å². The molecule has 0 aliphatic rings. The van der Waals surface area contributed by atoms with E-state index in [1.807, 2.05) is 21.1 Å². The quantitative estimate of drug-likeness (QED) is 0.0198. The Morgan fingerprint density at radius 3 is 1.37 bits per heavy atom. The summed E-state index contributed by atoms with van der Waals surface area (Å²) in [6.07, 6.45) is 38.0. The van der Waals surface area contributed by atoms with Crippen LogP contribution >= 0.6 is 7.82 Å². The van der Waals surface area contributed by atoms with Gasteiger partial charge in [-0.25, -0.2) is 0 Å². The number of hydrogen-bond donors (Lipinski definition) is 0. The Morgan fingerprint density at radius 2 is 0.944 bits per heavy atom. The number of allylic oxidation sites excluding steroid dienone is 2. The molecule has 1 unspecified atom stereocenters. The lowest BCUT2D eigenvalue weighted by Gasteiger charge is -2.28. The summed E-state index contributed by atoms with van der Waals surface area (Å²) in [7, 11) is 1.17. The monoisotopic (exact) mass is 788 g/mol. The van der Waals surface area contributed by atoms with Crippen molar-refractivity contribution in [2.45, 2.75) is 213 Å². The van der Waals surface area contributed by atoms with Gasteiger partial charge < -0.3 is 27.9 Å². The van der Waals surface area contributed by atoms with Crippen LogP contribution in [0.5, 0.6) is 0 Å². The molecule has 54 heavy (non-hydrogen) atoms. The van der Waals surface area contributed by atoms with E-state index in [4.69, 9.17) is 18.5 Å². The summed E-state index contributed by atoms with van der Waals surface area (Å²) in [6.45, 7) is 4.24. The minimum atomic E-state index is -4.62. The molecule has 0 aliphatic heterocycles. The highest BCUT2D eigenvalue weighted by Crippen LogP contribution is 2.38. The first-order valence-electron chi connectivity index (χ1n) is 22.4. The number of likely N-dealkylation sites (N-methyl/N-ethyl adjacent to an activating group) is 1.